The first-order chi connectivity index (χ1) is 8.93. The predicted molar refractivity (Wildman–Crippen MR) is 73.4 cm³/mol. The molecular weight excluding hydrogens is 339 g/mol. The summed E-state index contributed by atoms with van der Waals surface area (Å²) in [7, 11) is 0. The number of hydrogen-bond donors (Lipinski definition) is 2. The van der Waals surface area contributed by atoms with Crippen LogP contribution in [-0.2, 0) is 4.74 Å². The average molecular weight is 352 g/mol. The van der Waals surface area contributed by atoms with Crippen molar-refractivity contribution in [2.24, 2.45) is 0 Å². The molecule has 1 fully saturated rings. The first-order valence-corrected chi connectivity index (χ1v) is 6.78. The molecule has 1 aromatic heterocycles. The second-order valence-electron chi connectivity index (χ2n) is 4.18. The predicted octanol–water partition coefficient (Wildman–Crippen LogP) is 0.741. The number of halogens is 2. The van der Waals surface area contributed by atoms with Gasteiger partial charge in [0.1, 0.15) is 12.3 Å². The Hall–Kier alpha value is -0.890. The number of aliphatic hydroxyl groups excluding tert-OH is 1. The molecule has 6 nitrogen and oxygen atoms in total. The Bertz CT molecular complexity index is 599. The molecule has 8 heteroatoms. The standard InChI is InChI=1S/C11H12BrClN2O4/c1-2-6(13)9-7(16)3-8(19-9)15-4-5(12)10(17)14-11(15)18/h2,4,6-9,16H,1,3H2,(H,14,17,18)/t6?,7-,8+,9+/m0/s1. The lowest BCUT2D eigenvalue weighted by atomic mass is 10.1. The number of aromatic nitrogens is 2. The summed E-state index contributed by atoms with van der Waals surface area (Å²) < 4.78 is 6.97. The van der Waals surface area contributed by atoms with Gasteiger partial charge in [-0.05, 0) is 15.9 Å². The van der Waals surface area contributed by atoms with Crippen molar-refractivity contribution in [1.29, 1.82) is 0 Å². The third-order valence-corrected chi connectivity index (χ3v) is 3.90. The second kappa shape index (κ2) is 5.62. The Kier molecular flexibility index (Phi) is 4.29. The van der Waals surface area contributed by atoms with Gasteiger partial charge in [0.15, 0.2) is 0 Å². The van der Waals surface area contributed by atoms with Crippen molar-refractivity contribution < 1.29 is 9.84 Å². The van der Waals surface area contributed by atoms with E-state index in [2.05, 4.69) is 27.5 Å². The van der Waals surface area contributed by atoms with E-state index in [1.54, 1.807) is 0 Å². The van der Waals surface area contributed by atoms with Crippen molar-refractivity contribution in [1.82, 2.24) is 9.55 Å². The SMILES string of the molecule is C=CC(Cl)[C@H]1O[C@@H](n2cc(Br)c(=O)[nH]c2=O)C[C@@H]1O. The van der Waals surface area contributed by atoms with Gasteiger partial charge in [-0.2, -0.15) is 0 Å². The molecule has 1 saturated heterocycles. The lowest BCUT2D eigenvalue weighted by Crippen LogP contribution is -2.33. The minimum Gasteiger partial charge on any atom is -0.390 e. The quantitative estimate of drug-likeness (QED) is 0.621. The van der Waals surface area contributed by atoms with Crippen molar-refractivity contribution in [2.45, 2.75) is 30.2 Å². The maximum absolute atomic E-state index is 11.7. The van der Waals surface area contributed by atoms with Crippen LogP contribution in [0.2, 0.25) is 0 Å². The van der Waals surface area contributed by atoms with Crippen LogP contribution < -0.4 is 11.2 Å². The highest BCUT2D eigenvalue weighted by atomic mass is 79.9. The lowest BCUT2D eigenvalue weighted by Gasteiger charge is -2.18. The average Bonchev–Trinajstić information content (AvgIpc) is 2.75. The number of aromatic amines is 1. The zero-order chi connectivity index (χ0) is 14.2. The van der Waals surface area contributed by atoms with Crippen LogP contribution in [0.3, 0.4) is 0 Å². The molecule has 19 heavy (non-hydrogen) atoms. The normalized spacial score (nSPS) is 28.3. The molecule has 1 aromatic rings. The Balaban J connectivity index is 2.30. The van der Waals surface area contributed by atoms with E-state index in [-0.39, 0.29) is 10.9 Å². The Labute approximate surface area is 121 Å². The van der Waals surface area contributed by atoms with Crippen LogP contribution in [0.4, 0.5) is 0 Å². The molecule has 0 radical (unpaired) electrons. The lowest BCUT2D eigenvalue weighted by molar-refractivity contribution is -0.0166. The number of alkyl halides is 1. The van der Waals surface area contributed by atoms with Gasteiger partial charge in [0.2, 0.25) is 0 Å². The number of ether oxygens (including phenoxy) is 1. The zero-order valence-electron chi connectivity index (χ0n) is 9.75. The van der Waals surface area contributed by atoms with E-state index in [0.29, 0.717) is 0 Å². The third kappa shape index (κ3) is 2.84. The number of nitrogens with zero attached hydrogens (tertiary/aromatic N) is 1. The molecule has 0 spiro atoms. The van der Waals surface area contributed by atoms with E-state index in [0.717, 1.165) is 0 Å². The molecule has 2 N–H and O–H groups in total. The fraction of sp³-hybridized carbons (Fsp3) is 0.455. The van der Waals surface area contributed by atoms with E-state index < -0.39 is 35.1 Å². The Morgan fingerprint density at radius 1 is 1.68 bits per heavy atom. The molecule has 104 valence electrons. The molecule has 4 atom stereocenters. The maximum Gasteiger partial charge on any atom is 0.330 e. The van der Waals surface area contributed by atoms with Crippen molar-refractivity contribution in [2.75, 3.05) is 0 Å². The Morgan fingerprint density at radius 2 is 2.37 bits per heavy atom. The number of hydrogen-bond acceptors (Lipinski definition) is 4. The fourth-order valence-electron chi connectivity index (χ4n) is 1.94. The van der Waals surface area contributed by atoms with Crippen molar-refractivity contribution in [3.05, 3.63) is 44.2 Å². The van der Waals surface area contributed by atoms with E-state index in [1.807, 2.05) is 0 Å². The number of nitrogens with one attached hydrogen (secondary N) is 1. The minimum atomic E-state index is -0.803. The van der Waals surface area contributed by atoms with E-state index in [1.165, 1.54) is 16.8 Å². The van der Waals surface area contributed by atoms with Crippen LogP contribution in [-0.4, -0.2) is 32.2 Å². The largest absolute Gasteiger partial charge is 0.390 e. The molecule has 0 amide bonds. The van der Waals surface area contributed by atoms with Gasteiger partial charge >= 0.3 is 5.69 Å². The van der Waals surface area contributed by atoms with Gasteiger partial charge < -0.3 is 9.84 Å². The summed E-state index contributed by atoms with van der Waals surface area (Å²) in [5.74, 6) is 0. The van der Waals surface area contributed by atoms with Gasteiger partial charge in [-0.1, -0.05) is 6.08 Å². The van der Waals surface area contributed by atoms with Gasteiger partial charge in [0, 0.05) is 12.6 Å². The van der Waals surface area contributed by atoms with E-state index >= 15 is 0 Å². The Morgan fingerprint density at radius 3 is 3.00 bits per heavy atom. The van der Waals surface area contributed by atoms with Crippen LogP contribution in [0.1, 0.15) is 12.6 Å². The van der Waals surface area contributed by atoms with Crippen LogP contribution in [0.25, 0.3) is 0 Å². The number of rotatable bonds is 3. The summed E-state index contributed by atoms with van der Waals surface area (Å²) in [6, 6.07) is 0. The van der Waals surface area contributed by atoms with Gasteiger partial charge in [0.05, 0.1) is 16.0 Å². The summed E-state index contributed by atoms with van der Waals surface area (Å²) in [5, 5.41) is 9.33. The van der Waals surface area contributed by atoms with E-state index in [4.69, 9.17) is 16.3 Å². The molecule has 0 saturated carbocycles. The van der Waals surface area contributed by atoms with Gasteiger partial charge in [-0.25, -0.2) is 4.79 Å². The first-order valence-electron chi connectivity index (χ1n) is 5.55. The molecule has 2 rings (SSSR count). The molecule has 1 aliphatic rings. The zero-order valence-corrected chi connectivity index (χ0v) is 12.1. The highest BCUT2D eigenvalue weighted by Crippen LogP contribution is 2.31. The molecule has 0 bridgehead atoms. The number of H-pyrrole nitrogens is 1. The maximum atomic E-state index is 11.7. The summed E-state index contributed by atoms with van der Waals surface area (Å²) in [6.07, 6.45) is 0.883. The fourth-order valence-corrected chi connectivity index (χ4v) is 2.49. The highest BCUT2D eigenvalue weighted by molar-refractivity contribution is 9.10. The summed E-state index contributed by atoms with van der Waals surface area (Å²) in [6.45, 7) is 3.53. The van der Waals surface area contributed by atoms with Crippen LogP contribution >= 0.6 is 27.5 Å². The topological polar surface area (TPSA) is 84.3 Å². The molecule has 2 heterocycles. The van der Waals surface area contributed by atoms with Crippen molar-refractivity contribution >= 4 is 27.5 Å². The van der Waals surface area contributed by atoms with Crippen molar-refractivity contribution in [3.63, 3.8) is 0 Å². The van der Waals surface area contributed by atoms with Crippen LogP contribution in [0, 0.1) is 0 Å². The number of aliphatic hydroxyl groups is 1. The van der Waals surface area contributed by atoms with E-state index in [9.17, 15) is 14.7 Å². The molecule has 0 aromatic carbocycles. The first kappa shape index (κ1) is 14.5. The van der Waals surface area contributed by atoms with Crippen LogP contribution in [0.5, 0.6) is 0 Å². The second-order valence-corrected chi connectivity index (χ2v) is 5.54. The van der Waals surface area contributed by atoms with Gasteiger partial charge in [0.25, 0.3) is 5.56 Å². The van der Waals surface area contributed by atoms with Crippen LogP contribution in [0.15, 0.2) is 32.9 Å². The van der Waals surface area contributed by atoms with Gasteiger partial charge in [-0.15, -0.1) is 18.2 Å². The molecule has 0 aliphatic carbocycles. The monoisotopic (exact) mass is 350 g/mol. The summed E-state index contributed by atoms with van der Waals surface area (Å²) in [5.41, 5.74) is -1.12. The van der Waals surface area contributed by atoms with Crippen molar-refractivity contribution in [3.8, 4) is 0 Å². The van der Waals surface area contributed by atoms with Gasteiger partial charge in [-0.3, -0.25) is 14.3 Å². The molecule has 1 unspecified atom stereocenters. The minimum absolute atomic E-state index is 0.208. The summed E-state index contributed by atoms with van der Waals surface area (Å²) >= 11 is 8.99. The third-order valence-electron chi connectivity index (χ3n) is 2.91. The smallest absolute Gasteiger partial charge is 0.330 e. The highest BCUT2D eigenvalue weighted by Gasteiger charge is 2.38. The summed E-state index contributed by atoms with van der Waals surface area (Å²) in [4.78, 5) is 25.1. The molecular formula is C11H12BrClN2O4. The molecule has 1 aliphatic heterocycles.